The summed E-state index contributed by atoms with van der Waals surface area (Å²) < 4.78 is 49.7. The summed E-state index contributed by atoms with van der Waals surface area (Å²) in [5.41, 5.74) is 0.824. The van der Waals surface area contributed by atoms with Gasteiger partial charge < -0.3 is 23.8 Å². The second-order valence-electron chi connectivity index (χ2n) is 8.43. The van der Waals surface area contributed by atoms with Gasteiger partial charge in [-0.05, 0) is 55.7 Å². The average molecular weight is 541 g/mol. The maximum absolute atomic E-state index is 13.3. The molecule has 0 bridgehead atoms. The van der Waals surface area contributed by atoms with Crippen LogP contribution in [0.5, 0.6) is 23.0 Å². The second kappa shape index (κ2) is 12.0. The third-order valence-corrected chi connectivity index (χ3v) is 8.30. The molecule has 0 radical (unpaired) electrons. The molecule has 1 aliphatic rings. The Bertz CT molecular complexity index is 1160. The maximum Gasteiger partial charge on any atom is 0.246 e. The summed E-state index contributed by atoms with van der Waals surface area (Å²) in [5.74, 6) is 1.45. The van der Waals surface area contributed by atoms with E-state index in [0.717, 1.165) is 5.56 Å². The first-order valence-electron chi connectivity index (χ1n) is 11.6. The molecule has 1 amide bonds. The minimum atomic E-state index is -3.82. The fraction of sp³-hybridized carbons (Fsp3) is 0.480. The number of halogens is 1. The maximum atomic E-state index is 13.3. The van der Waals surface area contributed by atoms with E-state index in [1.165, 1.54) is 17.5 Å². The molecule has 1 saturated heterocycles. The number of amides is 1. The highest BCUT2D eigenvalue weighted by molar-refractivity contribution is 7.89. The van der Waals surface area contributed by atoms with Gasteiger partial charge in [-0.1, -0.05) is 11.6 Å². The highest BCUT2D eigenvalue weighted by Gasteiger charge is 2.35. The van der Waals surface area contributed by atoms with Crippen molar-refractivity contribution in [3.8, 4) is 23.0 Å². The molecule has 0 aliphatic carbocycles. The van der Waals surface area contributed by atoms with Gasteiger partial charge in [0.2, 0.25) is 21.7 Å². The van der Waals surface area contributed by atoms with Gasteiger partial charge in [-0.3, -0.25) is 4.79 Å². The number of ether oxygens (including phenoxy) is 4. The van der Waals surface area contributed by atoms with E-state index in [9.17, 15) is 13.2 Å². The summed E-state index contributed by atoms with van der Waals surface area (Å²) in [4.78, 5) is 14.9. The van der Waals surface area contributed by atoms with Gasteiger partial charge in [0.1, 0.15) is 10.6 Å². The summed E-state index contributed by atoms with van der Waals surface area (Å²) in [6.45, 7) is 2.92. The first-order valence-corrected chi connectivity index (χ1v) is 13.4. The van der Waals surface area contributed by atoms with E-state index in [2.05, 4.69) is 0 Å². The van der Waals surface area contributed by atoms with E-state index in [1.54, 1.807) is 57.4 Å². The van der Waals surface area contributed by atoms with Crippen LogP contribution >= 0.6 is 11.6 Å². The Morgan fingerprint density at radius 2 is 1.64 bits per heavy atom. The van der Waals surface area contributed by atoms with E-state index in [1.807, 2.05) is 0 Å². The number of sulfonamides is 1. The molecule has 0 saturated carbocycles. The molecule has 1 aliphatic heterocycles. The van der Waals surface area contributed by atoms with Crippen molar-refractivity contribution in [2.75, 3.05) is 48.1 Å². The summed E-state index contributed by atoms with van der Waals surface area (Å²) in [7, 11) is 2.53. The smallest absolute Gasteiger partial charge is 0.246 e. The number of benzene rings is 2. The van der Waals surface area contributed by atoms with Crippen LogP contribution in [0.1, 0.15) is 25.3 Å². The molecule has 1 heterocycles. The summed E-state index contributed by atoms with van der Waals surface area (Å²) >= 11 is 6.07. The standard InChI is InChI=1S/C25H33ClN2O7S/c1-6-35-20-8-7-19(26)15-23(20)36(30,31)28-11-9-18(10-12-28)25(29)27(2)16-17-13-21(32-3)24(34-5)22(14-17)33-4/h7-8,13-15,18H,6,9-12,16H2,1-5H3. The van der Waals surface area contributed by atoms with Crippen molar-refractivity contribution in [3.63, 3.8) is 0 Å². The molecule has 3 rings (SSSR count). The lowest BCUT2D eigenvalue weighted by Gasteiger charge is -2.33. The topological polar surface area (TPSA) is 94.6 Å². The Morgan fingerprint density at radius 3 is 2.17 bits per heavy atom. The van der Waals surface area contributed by atoms with Gasteiger partial charge in [0.25, 0.3) is 0 Å². The highest BCUT2D eigenvalue weighted by atomic mass is 35.5. The fourth-order valence-corrected chi connectivity index (χ4v) is 6.19. The molecule has 9 nitrogen and oxygen atoms in total. The number of piperidine rings is 1. The zero-order valence-electron chi connectivity index (χ0n) is 21.2. The minimum absolute atomic E-state index is 0.0427. The molecule has 2 aromatic carbocycles. The predicted molar refractivity (Wildman–Crippen MR) is 137 cm³/mol. The van der Waals surface area contributed by atoms with Crippen LogP contribution in [0, 0.1) is 5.92 Å². The molecular weight excluding hydrogens is 508 g/mol. The van der Waals surface area contributed by atoms with E-state index < -0.39 is 10.0 Å². The number of carbonyl (C=O) groups excluding carboxylic acids is 1. The van der Waals surface area contributed by atoms with Gasteiger partial charge in [0.15, 0.2) is 11.5 Å². The number of hydrogen-bond acceptors (Lipinski definition) is 7. The fourth-order valence-electron chi connectivity index (χ4n) is 4.33. The van der Waals surface area contributed by atoms with Crippen molar-refractivity contribution in [2.45, 2.75) is 31.2 Å². The molecule has 0 N–H and O–H groups in total. The Hall–Kier alpha value is -2.69. The molecule has 2 aromatic rings. The number of methoxy groups -OCH3 is 3. The van der Waals surface area contributed by atoms with Crippen molar-refractivity contribution in [1.82, 2.24) is 9.21 Å². The predicted octanol–water partition coefficient (Wildman–Crippen LogP) is 3.82. The average Bonchev–Trinajstić information content (AvgIpc) is 2.88. The Labute approximate surface area is 217 Å². The Morgan fingerprint density at radius 1 is 1.03 bits per heavy atom. The first kappa shape index (κ1) is 27.9. The molecular formula is C25H33ClN2O7S. The van der Waals surface area contributed by atoms with Crippen molar-refractivity contribution in [1.29, 1.82) is 0 Å². The number of nitrogens with zero attached hydrogens (tertiary/aromatic N) is 2. The van der Waals surface area contributed by atoms with Gasteiger partial charge >= 0.3 is 0 Å². The lowest BCUT2D eigenvalue weighted by Crippen LogP contribution is -2.43. The monoisotopic (exact) mass is 540 g/mol. The number of carbonyl (C=O) groups is 1. The number of hydrogen-bond donors (Lipinski definition) is 0. The SMILES string of the molecule is CCOc1ccc(Cl)cc1S(=O)(=O)N1CCC(C(=O)N(C)Cc2cc(OC)c(OC)c(OC)c2)CC1. The van der Waals surface area contributed by atoms with Crippen LogP contribution in [0.2, 0.25) is 5.02 Å². The molecule has 0 atom stereocenters. The zero-order valence-corrected chi connectivity index (χ0v) is 22.8. The normalized spacial score (nSPS) is 14.8. The first-order chi connectivity index (χ1) is 17.2. The van der Waals surface area contributed by atoms with E-state index in [4.69, 9.17) is 30.5 Å². The number of rotatable bonds is 10. The van der Waals surface area contributed by atoms with Crippen molar-refractivity contribution in [2.24, 2.45) is 5.92 Å². The third kappa shape index (κ3) is 5.99. The summed E-state index contributed by atoms with van der Waals surface area (Å²) in [5, 5.41) is 0.315. The van der Waals surface area contributed by atoms with Gasteiger partial charge in [-0.25, -0.2) is 8.42 Å². The summed E-state index contributed by atoms with van der Waals surface area (Å²) in [6.07, 6.45) is 0.838. The van der Waals surface area contributed by atoms with Crippen LogP contribution in [0.25, 0.3) is 0 Å². The van der Waals surface area contributed by atoms with Crippen LogP contribution in [0.4, 0.5) is 0 Å². The van der Waals surface area contributed by atoms with Crippen molar-refractivity contribution >= 4 is 27.5 Å². The molecule has 36 heavy (non-hydrogen) atoms. The van der Waals surface area contributed by atoms with Crippen LogP contribution in [0.15, 0.2) is 35.2 Å². The second-order valence-corrected chi connectivity index (χ2v) is 10.8. The summed E-state index contributed by atoms with van der Waals surface area (Å²) in [6, 6.07) is 8.18. The van der Waals surface area contributed by atoms with Gasteiger partial charge in [-0.15, -0.1) is 0 Å². The Balaban J connectivity index is 1.68. The largest absolute Gasteiger partial charge is 0.493 e. The zero-order chi connectivity index (χ0) is 26.5. The van der Waals surface area contributed by atoms with E-state index >= 15 is 0 Å². The van der Waals surface area contributed by atoms with E-state index in [-0.39, 0.29) is 35.6 Å². The highest BCUT2D eigenvalue weighted by Crippen LogP contribution is 2.38. The van der Waals surface area contributed by atoms with Crippen LogP contribution in [-0.2, 0) is 21.4 Å². The van der Waals surface area contributed by atoms with Crippen LogP contribution < -0.4 is 18.9 Å². The lowest BCUT2D eigenvalue weighted by molar-refractivity contribution is -0.135. The lowest BCUT2D eigenvalue weighted by atomic mass is 9.96. The molecule has 0 aromatic heterocycles. The minimum Gasteiger partial charge on any atom is -0.493 e. The Kier molecular flexibility index (Phi) is 9.32. The third-order valence-electron chi connectivity index (χ3n) is 6.15. The van der Waals surface area contributed by atoms with Gasteiger partial charge in [0, 0.05) is 37.6 Å². The molecule has 0 spiro atoms. The molecule has 1 fully saturated rings. The van der Waals surface area contributed by atoms with Gasteiger partial charge in [0.05, 0.1) is 27.9 Å². The molecule has 198 valence electrons. The molecule has 0 unspecified atom stereocenters. The van der Waals surface area contributed by atoms with E-state index in [0.29, 0.717) is 48.3 Å². The quantitative estimate of drug-likeness (QED) is 0.452. The van der Waals surface area contributed by atoms with Crippen molar-refractivity contribution < 1.29 is 32.2 Å². The van der Waals surface area contributed by atoms with Crippen LogP contribution in [0.3, 0.4) is 0 Å². The molecule has 11 heteroatoms. The van der Waals surface area contributed by atoms with Crippen molar-refractivity contribution in [3.05, 3.63) is 40.9 Å². The van der Waals surface area contributed by atoms with Crippen LogP contribution in [-0.4, -0.2) is 71.6 Å². The van der Waals surface area contributed by atoms with Gasteiger partial charge in [-0.2, -0.15) is 4.31 Å².